The highest BCUT2D eigenvalue weighted by Gasteiger charge is 2.21. The summed E-state index contributed by atoms with van der Waals surface area (Å²) < 4.78 is 0.820. The van der Waals surface area contributed by atoms with Gasteiger partial charge in [-0.15, -0.1) is 0 Å². The molecular formula is C19H17BrN2O2. The molecule has 0 heterocycles. The van der Waals surface area contributed by atoms with Crippen LogP contribution < -0.4 is 11.1 Å². The lowest BCUT2D eigenvalue weighted by Crippen LogP contribution is -2.37. The molecule has 1 aliphatic rings. The van der Waals surface area contributed by atoms with E-state index in [2.05, 4.69) is 33.4 Å². The van der Waals surface area contributed by atoms with E-state index in [1.165, 1.54) is 0 Å². The Labute approximate surface area is 148 Å². The first-order valence-corrected chi connectivity index (χ1v) is 8.49. The lowest BCUT2D eigenvalue weighted by atomic mass is 9.95. The molecule has 24 heavy (non-hydrogen) atoms. The van der Waals surface area contributed by atoms with Crippen LogP contribution in [0.25, 0.3) is 6.08 Å². The summed E-state index contributed by atoms with van der Waals surface area (Å²) in [6.07, 6.45) is 6.07. The molecule has 0 fully saturated rings. The van der Waals surface area contributed by atoms with Gasteiger partial charge in [-0.1, -0.05) is 46.3 Å². The Morgan fingerprint density at radius 3 is 2.75 bits per heavy atom. The third kappa shape index (κ3) is 3.57. The summed E-state index contributed by atoms with van der Waals surface area (Å²) in [6.45, 7) is 0. The van der Waals surface area contributed by atoms with Gasteiger partial charge in [0.25, 0.3) is 5.91 Å². The summed E-state index contributed by atoms with van der Waals surface area (Å²) in [7, 11) is 0. The smallest absolute Gasteiger partial charge is 0.252 e. The minimum absolute atomic E-state index is 0.309. The highest BCUT2D eigenvalue weighted by atomic mass is 79.9. The fraction of sp³-hybridized carbons (Fsp3) is 0.158. The predicted octanol–water partition coefficient (Wildman–Crippen LogP) is 3.36. The monoisotopic (exact) mass is 384 g/mol. The first-order chi connectivity index (χ1) is 11.5. The van der Waals surface area contributed by atoms with Crippen LogP contribution in [0.3, 0.4) is 0 Å². The first kappa shape index (κ1) is 16.5. The van der Waals surface area contributed by atoms with E-state index in [-0.39, 0.29) is 5.91 Å². The van der Waals surface area contributed by atoms with Crippen molar-refractivity contribution in [2.24, 2.45) is 5.73 Å². The summed E-state index contributed by atoms with van der Waals surface area (Å²) in [5.41, 5.74) is 8.93. The minimum atomic E-state index is -0.870. The highest BCUT2D eigenvalue weighted by molar-refractivity contribution is 9.10. The number of amides is 2. The Kier molecular flexibility index (Phi) is 4.81. The molecule has 2 amide bonds. The summed E-state index contributed by atoms with van der Waals surface area (Å²) >= 11 is 3.36. The Morgan fingerprint density at radius 2 is 2.00 bits per heavy atom. The number of nitrogens with two attached hydrogens (primary N) is 1. The van der Waals surface area contributed by atoms with Gasteiger partial charge in [-0.2, -0.15) is 0 Å². The number of rotatable bonds is 4. The zero-order valence-corrected chi connectivity index (χ0v) is 14.5. The molecule has 0 saturated carbocycles. The number of nitrogens with one attached hydrogen (secondary N) is 1. The molecule has 0 aliphatic heterocycles. The van der Waals surface area contributed by atoms with Gasteiger partial charge in [0.2, 0.25) is 5.91 Å². The van der Waals surface area contributed by atoms with Crippen molar-refractivity contribution < 1.29 is 9.59 Å². The quantitative estimate of drug-likeness (QED) is 0.847. The van der Waals surface area contributed by atoms with Gasteiger partial charge in [0, 0.05) is 10.0 Å². The van der Waals surface area contributed by atoms with Gasteiger partial charge in [0.1, 0.15) is 6.04 Å². The zero-order valence-electron chi connectivity index (χ0n) is 13.0. The SMILES string of the molecule is NC(=O)C(NC(=O)c1ccc2c(c1)CCC=C2)c1cccc(Br)c1. The molecule has 0 spiro atoms. The van der Waals surface area contributed by atoms with Crippen LogP contribution in [0.1, 0.15) is 39.5 Å². The van der Waals surface area contributed by atoms with Crippen molar-refractivity contribution >= 4 is 33.8 Å². The lowest BCUT2D eigenvalue weighted by Gasteiger charge is -2.17. The molecule has 2 aromatic rings. The Hall–Kier alpha value is -2.40. The minimum Gasteiger partial charge on any atom is -0.368 e. The van der Waals surface area contributed by atoms with Crippen molar-refractivity contribution in [1.29, 1.82) is 0 Å². The molecule has 0 bridgehead atoms. The van der Waals surface area contributed by atoms with E-state index in [4.69, 9.17) is 5.73 Å². The van der Waals surface area contributed by atoms with Crippen molar-refractivity contribution in [2.75, 3.05) is 0 Å². The molecular weight excluding hydrogens is 368 g/mol. The number of allylic oxidation sites excluding steroid dienone is 1. The van der Waals surface area contributed by atoms with Gasteiger partial charge in [-0.05, 0) is 53.8 Å². The van der Waals surface area contributed by atoms with Crippen LogP contribution in [-0.4, -0.2) is 11.8 Å². The number of aryl methyl sites for hydroxylation is 1. The van der Waals surface area contributed by atoms with Gasteiger partial charge >= 0.3 is 0 Å². The number of halogens is 1. The number of primary amides is 1. The van der Waals surface area contributed by atoms with Crippen LogP contribution in [0.2, 0.25) is 0 Å². The number of hydrogen-bond acceptors (Lipinski definition) is 2. The average Bonchev–Trinajstić information content (AvgIpc) is 2.58. The van der Waals surface area contributed by atoms with E-state index in [1.807, 2.05) is 18.2 Å². The predicted molar refractivity (Wildman–Crippen MR) is 97.3 cm³/mol. The van der Waals surface area contributed by atoms with Crippen LogP contribution in [0, 0.1) is 0 Å². The number of hydrogen-bond donors (Lipinski definition) is 2. The zero-order chi connectivity index (χ0) is 17.1. The van der Waals surface area contributed by atoms with Crippen molar-refractivity contribution in [3.63, 3.8) is 0 Å². The average molecular weight is 385 g/mol. The third-order valence-electron chi connectivity index (χ3n) is 4.02. The van der Waals surface area contributed by atoms with E-state index in [0.717, 1.165) is 28.4 Å². The molecule has 2 aromatic carbocycles. The van der Waals surface area contributed by atoms with Crippen LogP contribution in [-0.2, 0) is 11.2 Å². The standard InChI is InChI=1S/C19H17BrN2O2/c20-16-7-3-6-14(11-16)17(18(21)23)22-19(24)15-9-8-12-4-1-2-5-13(12)10-15/h1,3-4,6-11,17H,2,5H2,(H2,21,23)(H,22,24). The van der Waals surface area contributed by atoms with E-state index < -0.39 is 11.9 Å². The summed E-state index contributed by atoms with van der Waals surface area (Å²) in [4.78, 5) is 24.3. The fourth-order valence-corrected chi connectivity index (χ4v) is 3.21. The Morgan fingerprint density at radius 1 is 1.17 bits per heavy atom. The molecule has 0 radical (unpaired) electrons. The molecule has 3 N–H and O–H groups in total. The highest BCUT2D eigenvalue weighted by Crippen LogP contribution is 2.22. The van der Waals surface area contributed by atoms with Gasteiger partial charge in [0.15, 0.2) is 0 Å². The molecule has 5 heteroatoms. The molecule has 4 nitrogen and oxygen atoms in total. The third-order valence-corrected chi connectivity index (χ3v) is 4.52. The number of carbonyl (C=O) groups is 2. The normalized spacial score (nSPS) is 13.9. The van der Waals surface area contributed by atoms with Crippen LogP contribution in [0.15, 0.2) is 53.0 Å². The molecule has 1 aliphatic carbocycles. The van der Waals surface area contributed by atoms with Gasteiger partial charge in [-0.3, -0.25) is 9.59 Å². The van der Waals surface area contributed by atoms with Crippen molar-refractivity contribution in [2.45, 2.75) is 18.9 Å². The second-order valence-electron chi connectivity index (χ2n) is 5.72. The van der Waals surface area contributed by atoms with E-state index >= 15 is 0 Å². The van der Waals surface area contributed by atoms with Gasteiger partial charge in [-0.25, -0.2) is 0 Å². The fourth-order valence-electron chi connectivity index (χ4n) is 2.79. The van der Waals surface area contributed by atoms with E-state index in [9.17, 15) is 9.59 Å². The summed E-state index contributed by atoms with van der Waals surface area (Å²) in [6, 6.07) is 11.9. The summed E-state index contributed by atoms with van der Waals surface area (Å²) in [5.74, 6) is -0.904. The maximum absolute atomic E-state index is 12.6. The topological polar surface area (TPSA) is 72.2 Å². The van der Waals surface area contributed by atoms with E-state index in [0.29, 0.717) is 11.1 Å². The first-order valence-electron chi connectivity index (χ1n) is 7.70. The van der Waals surface area contributed by atoms with Gasteiger partial charge in [0.05, 0.1) is 0 Å². The van der Waals surface area contributed by atoms with Crippen LogP contribution in [0.5, 0.6) is 0 Å². The summed E-state index contributed by atoms with van der Waals surface area (Å²) in [5, 5.41) is 2.73. The molecule has 122 valence electrons. The second-order valence-corrected chi connectivity index (χ2v) is 6.63. The van der Waals surface area contributed by atoms with Crippen LogP contribution >= 0.6 is 15.9 Å². The number of benzene rings is 2. The number of fused-ring (bicyclic) bond motifs is 1. The van der Waals surface area contributed by atoms with Crippen molar-refractivity contribution in [3.05, 3.63) is 75.3 Å². The van der Waals surface area contributed by atoms with Gasteiger partial charge < -0.3 is 11.1 Å². The molecule has 1 atom stereocenters. The van der Waals surface area contributed by atoms with E-state index in [1.54, 1.807) is 24.3 Å². The van der Waals surface area contributed by atoms with Crippen LogP contribution in [0.4, 0.5) is 0 Å². The Bertz CT molecular complexity index is 830. The lowest BCUT2D eigenvalue weighted by molar-refractivity contribution is -0.120. The largest absolute Gasteiger partial charge is 0.368 e. The molecule has 0 saturated heterocycles. The van der Waals surface area contributed by atoms with Crippen molar-refractivity contribution in [1.82, 2.24) is 5.32 Å². The maximum Gasteiger partial charge on any atom is 0.252 e. The molecule has 3 rings (SSSR count). The molecule has 0 aromatic heterocycles. The van der Waals surface area contributed by atoms with Crippen molar-refractivity contribution in [3.8, 4) is 0 Å². The maximum atomic E-state index is 12.6. The molecule has 1 unspecified atom stereocenters. The Balaban J connectivity index is 1.84. The number of carbonyl (C=O) groups excluding carboxylic acids is 2. The second kappa shape index (κ2) is 7.01.